The number of hydrogen-bond acceptors (Lipinski definition) is 4. The van der Waals surface area contributed by atoms with E-state index in [4.69, 9.17) is 5.73 Å². The van der Waals surface area contributed by atoms with Crippen molar-refractivity contribution in [2.75, 3.05) is 0 Å². The monoisotopic (exact) mass is 626 g/mol. The zero-order valence-electron chi connectivity index (χ0n) is 26.3. The second-order valence-corrected chi connectivity index (χ2v) is 11.3. The second kappa shape index (κ2) is 15.3. The van der Waals surface area contributed by atoms with Gasteiger partial charge >= 0.3 is 6.18 Å². The fraction of sp³-hybridized carbons (Fsp3) is 0.400. The van der Waals surface area contributed by atoms with E-state index >= 15 is 0 Å². The Labute approximate surface area is 261 Å². The number of carbonyl (C=O) groups excluding carboxylic acids is 1. The molecule has 45 heavy (non-hydrogen) atoms. The van der Waals surface area contributed by atoms with E-state index in [1.165, 1.54) is 23.3 Å². The first-order chi connectivity index (χ1) is 21.4. The van der Waals surface area contributed by atoms with Gasteiger partial charge in [0.2, 0.25) is 6.41 Å². The number of nitrogens with one attached hydrogen (secondary N) is 1. The SMILES string of the molecule is C=C/C=C\C1=C(C)C(N(C=O)Cc2ccc(C(F)(F)F)cc2F)CCC1.CC.CC1(c2ccc3c(=O)[nH]nc(CN)c3c2)CC1. The van der Waals surface area contributed by atoms with Gasteiger partial charge in [-0.15, -0.1) is 0 Å². The molecular formula is C35H42F4N4O2. The zero-order chi connectivity index (χ0) is 33.4. The average Bonchev–Trinajstić information content (AvgIpc) is 3.79. The van der Waals surface area contributed by atoms with Crippen molar-refractivity contribution in [2.45, 2.75) is 90.5 Å². The summed E-state index contributed by atoms with van der Waals surface area (Å²) in [6.45, 7) is 12.1. The number of H-pyrrole nitrogens is 1. The molecule has 3 aromatic rings. The van der Waals surface area contributed by atoms with Gasteiger partial charge in [0.25, 0.3) is 5.56 Å². The Kier molecular flexibility index (Phi) is 12.0. The van der Waals surface area contributed by atoms with Crippen molar-refractivity contribution in [3.8, 4) is 0 Å². The number of halogens is 4. The summed E-state index contributed by atoms with van der Waals surface area (Å²) in [7, 11) is 0. The van der Waals surface area contributed by atoms with Crippen LogP contribution in [0.1, 0.15) is 82.2 Å². The van der Waals surface area contributed by atoms with Crippen molar-refractivity contribution in [1.82, 2.24) is 15.1 Å². The molecule has 242 valence electrons. The maximum atomic E-state index is 14.1. The van der Waals surface area contributed by atoms with Gasteiger partial charge in [-0.2, -0.15) is 18.3 Å². The number of rotatable bonds is 8. The minimum absolute atomic E-state index is 0.0617. The largest absolute Gasteiger partial charge is 0.416 e. The van der Waals surface area contributed by atoms with Gasteiger partial charge in [-0.1, -0.05) is 57.7 Å². The van der Waals surface area contributed by atoms with Gasteiger partial charge in [0.05, 0.1) is 22.7 Å². The number of nitrogens with two attached hydrogens (primary N) is 1. The summed E-state index contributed by atoms with van der Waals surface area (Å²) in [6, 6.07) is 8.21. The van der Waals surface area contributed by atoms with Crippen LogP contribution in [-0.2, 0) is 29.5 Å². The Morgan fingerprint density at radius 2 is 1.87 bits per heavy atom. The molecule has 1 amide bonds. The second-order valence-electron chi connectivity index (χ2n) is 11.3. The van der Waals surface area contributed by atoms with Gasteiger partial charge in [-0.3, -0.25) is 9.59 Å². The Balaban J connectivity index is 0.000000249. The summed E-state index contributed by atoms with van der Waals surface area (Å²) in [6.07, 6.45) is 6.38. The van der Waals surface area contributed by atoms with Crippen LogP contribution in [-0.4, -0.2) is 27.5 Å². The average molecular weight is 627 g/mol. The first kappa shape index (κ1) is 35.4. The van der Waals surface area contributed by atoms with Gasteiger partial charge in [-0.05, 0) is 85.4 Å². The van der Waals surface area contributed by atoms with Crippen molar-refractivity contribution in [3.05, 3.63) is 111 Å². The number of nitrogens with zero attached hydrogens (tertiary/aromatic N) is 2. The molecule has 1 atom stereocenters. The Morgan fingerprint density at radius 1 is 1.16 bits per heavy atom. The highest BCUT2D eigenvalue weighted by Gasteiger charge is 2.39. The molecule has 2 aliphatic carbocycles. The molecule has 0 bridgehead atoms. The predicted molar refractivity (Wildman–Crippen MR) is 171 cm³/mol. The van der Waals surface area contributed by atoms with Gasteiger partial charge in [0.1, 0.15) is 5.82 Å². The van der Waals surface area contributed by atoms with E-state index in [1.54, 1.807) is 6.08 Å². The Morgan fingerprint density at radius 3 is 2.44 bits per heavy atom. The third-order valence-electron chi connectivity index (χ3n) is 8.39. The van der Waals surface area contributed by atoms with Crippen molar-refractivity contribution in [3.63, 3.8) is 0 Å². The molecule has 5 rings (SSSR count). The number of aromatic nitrogens is 2. The van der Waals surface area contributed by atoms with E-state index in [9.17, 15) is 27.2 Å². The molecule has 2 aromatic carbocycles. The standard InChI is InChI=1S/C20H21F4NO.C13H15N3O.C2H6/c1-3-4-6-15-7-5-8-19(14(15)2)25(13-26)12-16-9-10-17(11-18(16)21)20(22,23)24;1-13(4-5-13)8-2-3-9-10(6-8)11(7-14)15-16-12(9)17;1-2/h3-4,6,9-11,13,19H,1,5,7-8,12H2,2H3;2-3,6H,4-5,7,14H2,1H3,(H,16,17);1-2H3/b6-4-;;. The number of aromatic amines is 1. The third-order valence-corrected chi connectivity index (χ3v) is 8.39. The highest BCUT2D eigenvalue weighted by molar-refractivity contribution is 5.84. The van der Waals surface area contributed by atoms with Crippen molar-refractivity contribution in [1.29, 1.82) is 0 Å². The van der Waals surface area contributed by atoms with Gasteiger partial charge in [0.15, 0.2) is 0 Å². The quantitative estimate of drug-likeness (QED) is 0.151. The van der Waals surface area contributed by atoms with E-state index in [2.05, 4.69) is 29.8 Å². The molecule has 0 radical (unpaired) electrons. The van der Waals surface area contributed by atoms with Crippen molar-refractivity contribution >= 4 is 17.2 Å². The van der Waals surface area contributed by atoms with E-state index < -0.39 is 17.6 Å². The van der Waals surface area contributed by atoms with E-state index in [1.807, 2.05) is 45.1 Å². The van der Waals surface area contributed by atoms with Gasteiger partial charge in [0, 0.05) is 24.0 Å². The van der Waals surface area contributed by atoms with Crippen LogP contribution in [0.3, 0.4) is 0 Å². The number of hydrogen-bond donors (Lipinski definition) is 2. The smallest absolute Gasteiger partial charge is 0.334 e. The molecule has 0 saturated heterocycles. The van der Waals surface area contributed by atoms with E-state index in [-0.39, 0.29) is 23.7 Å². The molecule has 1 saturated carbocycles. The van der Waals surface area contributed by atoms with E-state index in [0.717, 1.165) is 53.6 Å². The molecule has 6 nitrogen and oxygen atoms in total. The summed E-state index contributed by atoms with van der Waals surface area (Å²) in [5.74, 6) is -0.962. The number of carbonyl (C=O) groups is 1. The molecule has 10 heteroatoms. The Bertz CT molecular complexity index is 1620. The predicted octanol–water partition coefficient (Wildman–Crippen LogP) is 7.87. The first-order valence-electron chi connectivity index (χ1n) is 15.2. The van der Waals surface area contributed by atoms with E-state index in [0.29, 0.717) is 29.8 Å². The molecule has 0 spiro atoms. The lowest BCUT2D eigenvalue weighted by atomic mass is 9.87. The summed E-state index contributed by atoms with van der Waals surface area (Å²) < 4.78 is 52.1. The van der Waals surface area contributed by atoms with Crippen LogP contribution in [0.5, 0.6) is 0 Å². The minimum Gasteiger partial charge on any atom is -0.334 e. The summed E-state index contributed by atoms with van der Waals surface area (Å²) in [4.78, 5) is 24.7. The Hall–Kier alpha value is -4.05. The maximum absolute atomic E-state index is 14.1. The normalized spacial score (nSPS) is 17.2. The van der Waals surface area contributed by atoms with Crippen LogP contribution in [0.4, 0.5) is 17.6 Å². The highest BCUT2D eigenvalue weighted by Crippen LogP contribution is 2.48. The number of alkyl halides is 3. The molecular weight excluding hydrogens is 584 g/mol. The fourth-order valence-corrected chi connectivity index (χ4v) is 5.42. The van der Waals surface area contributed by atoms with Gasteiger partial charge < -0.3 is 10.6 Å². The molecule has 2 aliphatic rings. The molecule has 1 heterocycles. The summed E-state index contributed by atoms with van der Waals surface area (Å²) >= 11 is 0. The fourth-order valence-electron chi connectivity index (χ4n) is 5.42. The number of amides is 1. The van der Waals surface area contributed by atoms with Crippen LogP contribution in [0.2, 0.25) is 0 Å². The highest BCUT2D eigenvalue weighted by atomic mass is 19.4. The molecule has 3 N–H and O–H groups in total. The molecule has 1 unspecified atom stereocenters. The summed E-state index contributed by atoms with van der Waals surface area (Å²) in [5, 5.41) is 8.05. The lowest BCUT2D eigenvalue weighted by Crippen LogP contribution is -2.36. The zero-order valence-corrected chi connectivity index (χ0v) is 26.3. The lowest BCUT2D eigenvalue weighted by Gasteiger charge is -2.33. The molecule has 1 fully saturated rings. The number of allylic oxidation sites excluding steroid dienone is 4. The van der Waals surface area contributed by atoms with Crippen LogP contribution < -0.4 is 11.3 Å². The first-order valence-corrected chi connectivity index (χ1v) is 15.2. The summed E-state index contributed by atoms with van der Waals surface area (Å²) in [5.41, 5.74) is 8.97. The van der Waals surface area contributed by atoms with Crippen LogP contribution in [0.25, 0.3) is 10.8 Å². The topological polar surface area (TPSA) is 92.1 Å². The molecule has 0 aliphatic heterocycles. The lowest BCUT2D eigenvalue weighted by molar-refractivity contribution is -0.137. The number of benzene rings is 2. The van der Waals surface area contributed by atoms with Crippen LogP contribution in [0, 0.1) is 5.82 Å². The van der Waals surface area contributed by atoms with Crippen LogP contribution >= 0.6 is 0 Å². The van der Waals surface area contributed by atoms with Gasteiger partial charge in [-0.25, -0.2) is 9.49 Å². The maximum Gasteiger partial charge on any atom is 0.416 e. The van der Waals surface area contributed by atoms with Crippen molar-refractivity contribution < 1.29 is 22.4 Å². The van der Waals surface area contributed by atoms with Crippen LogP contribution in [0.15, 0.2) is 77.1 Å². The molecule has 1 aromatic heterocycles. The number of fused-ring (bicyclic) bond motifs is 1. The minimum atomic E-state index is -4.60. The third kappa shape index (κ3) is 8.57. The van der Waals surface area contributed by atoms with Crippen molar-refractivity contribution in [2.24, 2.45) is 5.73 Å².